The van der Waals surface area contributed by atoms with Gasteiger partial charge in [-0.1, -0.05) is 12.1 Å². The van der Waals surface area contributed by atoms with Gasteiger partial charge in [-0.2, -0.15) is 0 Å². The Morgan fingerprint density at radius 2 is 1.88 bits per heavy atom. The molecule has 1 aliphatic heterocycles. The lowest BCUT2D eigenvalue weighted by Crippen LogP contribution is -2.35. The number of nitrogens with zero attached hydrogens (tertiary/aromatic N) is 5. The fraction of sp³-hybridized carbons (Fsp3) is 0.400. The largest absolute Gasteiger partial charge is 0.385 e. The molecule has 26 heavy (non-hydrogen) atoms. The lowest BCUT2D eigenvalue weighted by molar-refractivity contribution is 0.0492. The molecular formula is C20H25N5O. The van der Waals surface area contributed by atoms with E-state index in [1.165, 1.54) is 5.56 Å². The Bertz CT molecular complexity index is 816. The summed E-state index contributed by atoms with van der Waals surface area (Å²) in [5.74, 6) is 1.06. The number of likely N-dealkylation sites (tertiary alicyclic amines) is 1. The van der Waals surface area contributed by atoms with Gasteiger partial charge in [0.1, 0.15) is 11.9 Å². The van der Waals surface area contributed by atoms with Crippen molar-refractivity contribution < 1.29 is 5.11 Å². The first-order valence-corrected chi connectivity index (χ1v) is 9.15. The molecule has 0 spiro atoms. The van der Waals surface area contributed by atoms with Crippen molar-refractivity contribution in [2.75, 3.05) is 13.1 Å². The monoisotopic (exact) mass is 351 g/mol. The van der Waals surface area contributed by atoms with E-state index in [9.17, 15) is 5.11 Å². The Morgan fingerprint density at radius 1 is 1.12 bits per heavy atom. The number of hydrogen-bond acceptors (Lipinski definition) is 4. The van der Waals surface area contributed by atoms with Gasteiger partial charge in [-0.15, -0.1) is 0 Å². The Morgan fingerprint density at radius 3 is 2.50 bits per heavy atom. The van der Waals surface area contributed by atoms with E-state index in [-0.39, 0.29) is 5.92 Å². The Hall–Kier alpha value is -2.44. The first-order chi connectivity index (χ1) is 12.7. The van der Waals surface area contributed by atoms with E-state index in [2.05, 4.69) is 39.1 Å². The van der Waals surface area contributed by atoms with Gasteiger partial charge in [0, 0.05) is 44.1 Å². The van der Waals surface area contributed by atoms with Crippen LogP contribution in [0.5, 0.6) is 0 Å². The maximum atomic E-state index is 10.6. The van der Waals surface area contributed by atoms with Gasteiger partial charge < -0.3 is 14.2 Å². The summed E-state index contributed by atoms with van der Waals surface area (Å²) in [6.45, 7) is 2.97. The minimum absolute atomic E-state index is 0.288. The van der Waals surface area contributed by atoms with Crippen molar-refractivity contribution in [1.82, 2.24) is 24.0 Å². The number of benzene rings is 1. The van der Waals surface area contributed by atoms with Gasteiger partial charge in [0.2, 0.25) is 0 Å². The number of aliphatic hydroxyl groups is 1. The lowest BCUT2D eigenvalue weighted by Gasteiger charge is -2.34. The third-order valence-electron chi connectivity index (χ3n) is 5.35. The van der Waals surface area contributed by atoms with E-state index in [1.54, 1.807) is 12.4 Å². The van der Waals surface area contributed by atoms with E-state index in [0.29, 0.717) is 0 Å². The van der Waals surface area contributed by atoms with Crippen molar-refractivity contribution in [3.63, 3.8) is 0 Å². The van der Waals surface area contributed by atoms with Crippen LogP contribution in [0.1, 0.15) is 30.3 Å². The molecule has 0 amide bonds. The summed E-state index contributed by atoms with van der Waals surface area (Å²) < 4.78 is 3.92. The van der Waals surface area contributed by atoms with Crippen LogP contribution < -0.4 is 0 Å². The van der Waals surface area contributed by atoms with Gasteiger partial charge in [0.25, 0.3) is 0 Å². The molecule has 1 N–H and O–H groups in total. The lowest BCUT2D eigenvalue weighted by atomic mass is 9.90. The normalized spacial score (nSPS) is 17.5. The molecule has 1 fully saturated rings. The zero-order valence-electron chi connectivity index (χ0n) is 15.1. The van der Waals surface area contributed by atoms with Crippen molar-refractivity contribution in [3.8, 4) is 5.69 Å². The molecule has 0 saturated carbocycles. The van der Waals surface area contributed by atoms with Crippen molar-refractivity contribution in [3.05, 3.63) is 66.8 Å². The molecule has 1 aliphatic rings. The molecule has 1 aromatic carbocycles. The summed E-state index contributed by atoms with van der Waals surface area (Å²) in [6, 6.07) is 8.64. The predicted octanol–water partition coefficient (Wildman–Crippen LogP) is 2.55. The van der Waals surface area contributed by atoms with Gasteiger partial charge in [-0.3, -0.25) is 4.90 Å². The molecule has 136 valence electrons. The highest BCUT2D eigenvalue weighted by Crippen LogP contribution is 2.30. The molecule has 2 aromatic heterocycles. The maximum Gasteiger partial charge on any atom is 0.137 e. The van der Waals surface area contributed by atoms with Gasteiger partial charge in [0.15, 0.2) is 0 Å². The van der Waals surface area contributed by atoms with Crippen LogP contribution in [-0.4, -0.2) is 42.2 Å². The van der Waals surface area contributed by atoms with Gasteiger partial charge in [-0.05, 0) is 49.5 Å². The molecular weight excluding hydrogens is 326 g/mol. The number of hydrogen-bond donors (Lipinski definition) is 1. The molecule has 6 nitrogen and oxygen atoms in total. The summed E-state index contributed by atoms with van der Waals surface area (Å²) in [7, 11) is 1.94. The van der Waals surface area contributed by atoms with Crippen LogP contribution in [-0.2, 0) is 13.6 Å². The SMILES string of the molecule is Cn1ccnc1[C@@H](O)C1CCN(Cc2ccc(-n3ccnc3)cc2)CC1. The smallest absolute Gasteiger partial charge is 0.137 e. The van der Waals surface area contributed by atoms with E-state index in [1.807, 2.05) is 34.9 Å². The van der Waals surface area contributed by atoms with Crippen molar-refractivity contribution in [1.29, 1.82) is 0 Å². The average Bonchev–Trinajstić information content (AvgIpc) is 3.34. The third-order valence-corrected chi connectivity index (χ3v) is 5.35. The van der Waals surface area contributed by atoms with E-state index < -0.39 is 6.10 Å². The highest BCUT2D eigenvalue weighted by Gasteiger charge is 2.28. The standard InChI is InChI=1S/C20H25N5O/c1-23-12-9-22-20(23)19(26)17-6-10-24(11-7-17)14-16-2-4-18(5-3-16)25-13-8-21-15-25/h2-5,8-9,12-13,15,17,19,26H,6-7,10-11,14H2,1H3/t19-/m0/s1. The molecule has 0 unspecified atom stereocenters. The predicted molar refractivity (Wildman–Crippen MR) is 99.7 cm³/mol. The quantitative estimate of drug-likeness (QED) is 0.767. The third kappa shape index (κ3) is 3.57. The molecule has 6 heteroatoms. The van der Waals surface area contributed by atoms with Gasteiger partial charge in [-0.25, -0.2) is 9.97 Å². The van der Waals surface area contributed by atoms with Gasteiger partial charge in [0.05, 0.1) is 6.33 Å². The van der Waals surface area contributed by atoms with Crippen LogP contribution in [0.25, 0.3) is 5.69 Å². The Balaban J connectivity index is 1.32. The van der Waals surface area contributed by atoms with E-state index >= 15 is 0 Å². The molecule has 4 rings (SSSR count). The summed E-state index contributed by atoms with van der Waals surface area (Å²) >= 11 is 0. The number of rotatable bonds is 5. The second kappa shape index (κ2) is 7.43. The van der Waals surface area contributed by atoms with Crippen molar-refractivity contribution in [2.45, 2.75) is 25.5 Å². The Kier molecular flexibility index (Phi) is 4.86. The number of aromatic nitrogens is 4. The second-order valence-corrected chi connectivity index (χ2v) is 7.09. The topological polar surface area (TPSA) is 59.1 Å². The highest BCUT2D eigenvalue weighted by molar-refractivity contribution is 5.34. The summed E-state index contributed by atoms with van der Waals surface area (Å²) in [4.78, 5) is 10.9. The molecule has 0 radical (unpaired) electrons. The summed E-state index contributed by atoms with van der Waals surface area (Å²) in [5, 5.41) is 10.6. The van der Waals surface area contributed by atoms with Crippen LogP contribution >= 0.6 is 0 Å². The van der Waals surface area contributed by atoms with Crippen LogP contribution in [0.4, 0.5) is 0 Å². The zero-order valence-corrected chi connectivity index (χ0v) is 15.1. The number of imidazole rings is 2. The number of piperidine rings is 1. The van der Waals surface area contributed by atoms with Crippen LogP contribution in [0.15, 0.2) is 55.4 Å². The van der Waals surface area contributed by atoms with E-state index in [4.69, 9.17) is 0 Å². The summed E-state index contributed by atoms with van der Waals surface area (Å²) in [6.07, 6.45) is 10.7. The number of aliphatic hydroxyl groups excluding tert-OH is 1. The fourth-order valence-electron chi connectivity index (χ4n) is 3.74. The zero-order chi connectivity index (χ0) is 17.9. The van der Waals surface area contributed by atoms with Crippen molar-refractivity contribution in [2.24, 2.45) is 13.0 Å². The molecule has 0 bridgehead atoms. The summed E-state index contributed by atoms with van der Waals surface area (Å²) in [5.41, 5.74) is 2.44. The number of aryl methyl sites for hydroxylation is 1. The molecule has 3 heterocycles. The molecule has 0 aliphatic carbocycles. The van der Waals surface area contributed by atoms with E-state index in [0.717, 1.165) is 44.0 Å². The van der Waals surface area contributed by atoms with Crippen LogP contribution in [0, 0.1) is 5.92 Å². The van der Waals surface area contributed by atoms with Gasteiger partial charge >= 0.3 is 0 Å². The molecule has 1 atom stereocenters. The highest BCUT2D eigenvalue weighted by atomic mass is 16.3. The fourth-order valence-corrected chi connectivity index (χ4v) is 3.74. The second-order valence-electron chi connectivity index (χ2n) is 7.09. The Labute approximate surface area is 153 Å². The average molecular weight is 351 g/mol. The first-order valence-electron chi connectivity index (χ1n) is 9.15. The van der Waals surface area contributed by atoms with Crippen molar-refractivity contribution >= 4 is 0 Å². The minimum atomic E-state index is -0.466. The molecule has 1 saturated heterocycles. The molecule has 3 aromatic rings. The van der Waals surface area contributed by atoms with Crippen LogP contribution in [0.2, 0.25) is 0 Å². The first kappa shape index (κ1) is 17.0. The maximum absolute atomic E-state index is 10.6. The minimum Gasteiger partial charge on any atom is -0.385 e. The van der Waals surface area contributed by atoms with Crippen LogP contribution in [0.3, 0.4) is 0 Å².